The van der Waals surface area contributed by atoms with Crippen molar-refractivity contribution in [1.29, 1.82) is 0 Å². The van der Waals surface area contributed by atoms with Gasteiger partial charge in [-0.2, -0.15) is 9.97 Å². The molecule has 4 atom stereocenters. The van der Waals surface area contributed by atoms with E-state index in [2.05, 4.69) is 15.0 Å². The van der Waals surface area contributed by atoms with Crippen molar-refractivity contribution in [3.05, 3.63) is 36.2 Å². The van der Waals surface area contributed by atoms with Crippen LogP contribution >= 0.6 is 0 Å². The molecule has 29 heavy (non-hydrogen) atoms. The molecule has 0 aliphatic carbocycles. The maximum Gasteiger partial charge on any atom is 0.320 e. The van der Waals surface area contributed by atoms with E-state index in [1.807, 2.05) is 24.3 Å². The van der Waals surface area contributed by atoms with E-state index in [1.165, 1.54) is 10.9 Å². The summed E-state index contributed by atoms with van der Waals surface area (Å²) in [5, 5.41) is 29.5. The van der Waals surface area contributed by atoms with Gasteiger partial charge < -0.3 is 36.3 Å². The standard InChI is InChI=1S/C18H22N6O5/c19-10-3-1-9(2-4-10)5-6-28-18-22-15(20)12-16(23-18)24(8-21-12)17-14(27)13(26)11(7-25)29-17/h1-4,8,11,13-14,17,25-27H,5-7,19H2,(H2,20,22,23)/t11-,13?,14?,17-/m1/s1. The van der Waals surface area contributed by atoms with Gasteiger partial charge in [-0.3, -0.25) is 4.57 Å². The first-order valence-corrected chi connectivity index (χ1v) is 9.07. The summed E-state index contributed by atoms with van der Waals surface area (Å²) in [6, 6.07) is 7.51. The fraction of sp³-hybridized carbons (Fsp3) is 0.389. The maximum atomic E-state index is 10.3. The zero-order chi connectivity index (χ0) is 20.5. The molecule has 2 unspecified atom stereocenters. The number of aromatic nitrogens is 4. The summed E-state index contributed by atoms with van der Waals surface area (Å²) in [4.78, 5) is 12.6. The minimum atomic E-state index is -1.27. The van der Waals surface area contributed by atoms with Gasteiger partial charge in [0.05, 0.1) is 19.5 Å². The summed E-state index contributed by atoms with van der Waals surface area (Å²) in [5.41, 5.74) is 14.0. The molecule has 1 fully saturated rings. The van der Waals surface area contributed by atoms with Gasteiger partial charge in [0.25, 0.3) is 0 Å². The van der Waals surface area contributed by atoms with Crippen LogP contribution in [0.3, 0.4) is 0 Å². The van der Waals surface area contributed by atoms with Gasteiger partial charge in [0.2, 0.25) is 0 Å². The second-order valence-electron chi connectivity index (χ2n) is 6.78. The third-order valence-electron chi connectivity index (χ3n) is 4.82. The lowest BCUT2D eigenvalue weighted by Gasteiger charge is -2.16. The Morgan fingerprint density at radius 1 is 1.10 bits per heavy atom. The SMILES string of the molecule is Nc1ccc(CCOc2nc(N)c3ncn([C@@H]4O[C@H](CO)C(O)C4O)c3n2)cc1. The van der Waals surface area contributed by atoms with Gasteiger partial charge in [-0.05, 0) is 17.7 Å². The molecule has 11 heteroatoms. The van der Waals surface area contributed by atoms with Crippen LogP contribution in [0.5, 0.6) is 6.01 Å². The van der Waals surface area contributed by atoms with Crippen molar-refractivity contribution in [3.63, 3.8) is 0 Å². The minimum Gasteiger partial charge on any atom is -0.463 e. The van der Waals surface area contributed by atoms with Gasteiger partial charge in [-0.15, -0.1) is 0 Å². The highest BCUT2D eigenvalue weighted by molar-refractivity contribution is 5.82. The summed E-state index contributed by atoms with van der Waals surface area (Å²) in [5.74, 6) is 0.114. The van der Waals surface area contributed by atoms with Crippen LogP contribution in [0.1, 0.15) is 11.8 Å². The van der Waals surface area contributed by atoms with Crippen LogP contribution in [0, 0.1) is 0 Å². The molecule has 2 aromatic heterocycles. The second-order valence-corrected chi connectivity index (χ2v) is 6.78. The van der Waals surface area contributed by atoms with Crippen LogP contribution in [0.4, 0.5) is 11.5 Å². The lowest BCUT2D eigenvalue weighted by Crippen LogP contribution is -2.33. The summed E-state index contributed by atoms with van der Waals surface area (Å²) in [7, 11) is 0. The zero-order valence-corrected chi connectivity index (χ0v) is 15.4. The normalized spacial score (nSPS) is 24.2. The predicted octanol–water partition coefficient (Wildman–Crippen LogP) is -0.776. The first kappa shape index (κ1) is 19.3. The first-order valence-electron chi connectivity index (χ1n) is 9.07. The number of hydrogen-bond donors (Lipinski definition) is 5. The number of benzene rings is 1. The Balaban J connectivity index is 1.54. The lowest BCUT2D eigenvalue weighted by molar-refractivity contribution is -0.0511. The molecule has 0 radical (unpaired) electrons. The highest BCUT2D eigenvalue weighted by Gasteiger charge is 2.44. The predicted molar refractivity (Wildman–Crippen MR) is 103 cm³/mol. The van der Waals surface area contributed by atoms with Crippen LogP contribution in [0.2, 0.25) is 0 Å². The third kappa shape index (κ3) is 3.68. The number of rotatable bonds is 6. The number of anilines is 2. The van der Waals surface area contributed by atoms with Crippen molar-refractivity contribution in [2.75, 3.05) is 24.7 Å². The van der Waals surface area contributed by atoms with Gasteiger partial charge in [0.15, 0.2) is 23.2 Å². The Labute approximate surface area is 165 Å². The molecule has 0 amide bonds. The van der Waals surface area contributed by atoms with E-state index in [9.17, 15) is 15.3 Å². The summed E-state index contributed by atoms with van der Waals surface area (Å²) in [6.45, 7) is -0.116. The van der Waals surface area contributed by atoms with Crippen LogP contribution in [-0.4, -0.2) is 66.4 Å². The van der Waals surface area contributed by atoms with Gasteiger partial charge in [-0.25, -0.2) is 4.98 Å². The second kappa shape index (κ2) is 7.79. The largest absolute Gasteiger partial charge is 0.463 e. The van der Waals surface area contributed by atoms with Crippen molar-refractivity contribution in [3.8, 4) is 6.01 Å². The lowest BCUT2D eigenvalue weighted by atomic mass is 10.1. The Bertz CT molecular complexity index is 994. The number of nitrogens with zero attached hydrogens (tertiary/aromatic N) is 4. The van der Waals surface area contributed by atoms with E-state index in [1.54, 1.807) is 0 Å². The first-order chi connectivity index (χ1) is 14.0. The maximum absolute atomic E-state index is 10.3. The minimum absolute atomic E-state index is 0.0546. The van der Waals surface area contributed by atoms with Crippen molar-refractivity contribution in [2.45, 2.75) is 31.0 Å². The molecular formula is C18H22N6O5. The number of ether oxygens (including phenoxy) is 2. The average molecular weight is 402 g/mol. The Morgan fingerprint density at radius 2 is 1.86 bits per heavy atom. The van der Waals surface area contributed by atoms with E-state index in [-0.39, 0.29) is 17.5 Å². The van der Waals surface area contributed by atoms with Gasteiger partial charge >= 0.3 is 6.01 Å². The molecule has 0 saturated carbocycles. The molecule has 4 rings (SSSR count). The molecule has 11 nitrogen and oxygen atoms in total. The number of nitrogens with two attached hydrogens (primary N) is 2. The highest BCUT2D eigenvalue weighted by atomic mass is 16.6. The van der Waals surface area contributed by atoms with Crippen molar-refractivity contribution in [2.24, 2.45) is 0 Å². The highest BCUT2D eigenvalue weighted by Crippen LogP contribution is 2.32. The van der Waals surface area contributed by atoms with E-state index in [0.717, 1.165) is 5.56 Å². The van der Waals surface area contributed by atoms with Gasteiger partial charge in [0.1, 0.15) is 18.3 Å². The molecule has 1 aliphatic heterocycles. The van der Waals surface area contributed by atoms with Gasteiger partial charge in [-0.1, -0.05) is 12.1 Å². The molecule has 3 aromatic rings. The number of nitrogen functional groups attached to an aromatic ring is 2. The molecule has 0 bridgehead atoms. The van der Waals surface area contributed by atoms with E-state index in [0.29, 0.717) is 24.2 Å². The molecule has 0 spiro atoms. The number of fused-ring (bicyclic) bond motifs is 1. The van der Waals surface area contributed by atoms with Crippen LogP contribution < -0.4 is 16.2 Å². The van der Waals surface area contributed by atoms with E-state index >= 15 is 0 Å². The quantitative estimate of drug-likeness (QED) is 0.329. The number of aliphatic hydroxyl groups is 3. The number of imidazole rings is 1. The average Bonchev–Trinajstić information content (AvgIpc) is 3.25. The summed E-state index contributed by atoms with van der Waals surface area (Å²) in [6.07, 6.45) is -2.40. The molecule has 1 saturated heterocycles. The molecular weight excluding hydrogens is 380 g/mol. The number of hydrogen-bond acceptors (Lipinski definition) is 10. The summed E-state index contributed by atoms with van der Waals surface area (Å²) < 4.78 is 12.6. The Kier molecular flexibility index (Phi) is 5.20. The Morgan fingerprint density at radius 3 is 2.55 bits per heavy atom. The van der Waals surface area contributed by atoms with Crippen LogP contribution in [0.15, 0.2) is 30.6 Å². The van der Waals surface area contributed by atoms with Crippen LogP contribution in [-0.2, 0) is 11.2 Å². The van der Waals surface area contributed by atoms with E-state index in [4.69, 9.17) is 20.9 Å². The van der Waals surface area contributed by atoms with E-state index < -0.39 is 31.1 Å². The Hall–Kier alpha value is -2.99. The molecule has 1 aliphatic rings. The van der Waals surface area contributed by atoms with Crippen molar-refractivity contribution < 1.29 is 24.8 Å². The van der Waals surface area contributed by atoms with Gasteiger partial charge in [0, 0.05) is 12.1 Å². The molecule has 7 N–H and O–H groups in total. The third-order valence-corrected chi connectivity index (χ3v) is 4.82. The topological polar surface area (TPSA) is 175 Å². The molecule has 3 heterocycles. The fourth-order valence-corrected chi connectivity index (χ4v) is 3.22. The smallest absolute Gasteiger partial charge is 0.320 e. The molecule has 154 valence electrons. The fourth-order valence-electron chi connectivity index (χ4n) is 3.22. The monoisotopic (exact) mass is 402 g/mol. The van der Waals surface area contributed by atoms with Crippen molar-refractivity contribution in [1.82, 2.24) is 19.5 Å². The molecule has 1 aromatic carbocycles. The van der Waals surface area contributed by atoms with Crippen LogP contribution in [0.25, 0.3) is 11.2 Å². The van der Waals surface area contributed by atoms with Crippen molar-refractivity contribution >= 4 is 22.7 Å². The number of aliphatic hydroxyl groups excluding tert-OH is 3. The zero-order valence-electron chi connectivity index (χ0n) is 15.4. The summed E-state index contributed by atoms with van der Waals surface area (Å²) >= 11 is 0.